The van der Waals surface area contributed by atoms with Crippen LogP contribution in [0.2, 0.25) is 0 Å². The van der Waals surface area contributed by atoms with Crippen LogP contribution < -0.4 is 5.32 Å². The number of carbonyl (C=O) groups is 1. The molecule has 0 bridgehead atoms. The Balaban J connectivity index is 1.42. The Kier molecular flexibility index (Phi) is 5.63. The third-order valence-corrected chi connectivity index (χ3v) is 4.29. The Morgan fingerprint density at radius 3 is 2.50 bits per heavy atom. The van der Waals surface area contributed by atoms with Crippen molar-refractivity contribution in [3.05, 3.63) is 66.6 Å². The van der Waals surface area contributed by atoms with Gasteiger partial charge in [0.1, 0.15) is 0 Å². The molecule has 1 aromatic heterocycles. The highest BCUT2D eigenvalue weighted by Gasteiger charge is 2.09. The average molecular weight is 339 g/mol. The fourth-order valence-corrected chi connectivity index (χ4v) is 2.94. The summed E-state index contributed by atoms with van der Waals surface area (Å²) < 4.78 is 5.16. The lowest BCUT2D eigenvalue weighted by molar-refractivity contribution is -0.120. The largest absolute Gasteiger partial charge is 0.347 e. The third-order valence-electron chi connectivity index (χ3n) is 3.28. The second kappa shape index (κ2) is 8.31. The van der Waals surface area contributed by atoms with E-state index in [4.69, 9.17) is 4.52 Å². The smallest absolute Gasteiger partial charge is 0.246 e. The molecule has 3 rings (SSSR count). The predicted octanol–water partition coefficient (Wildman–Crippen LogP) is 3.54. The van der Waals surface area contributed by atoms with E-state index in [0.29, 0.717) is 18.1 Å². The predicted molar refractivity (Wildman–Crippen MR) is 93.4 cm³/mol. The van der Waals surface area contributed by atoms with E-state index in [1.54, 1.807) is 11.8 Å². The van der Waals surface area contributed by atoms with Crippen LogP contribution in [0.3, 0.4) is 0 Å². The summed E-state index contributed by atoms with van der Waals surface area (Å²) in [4.78, 5) is 17.3. The van der Waals surface area contributed by atoms with Crippen LogP contribution in [0.15, 0.2) is 70.1 Å². The number of nitrogens with zero attached hydrogens (tertiary/aromatic N) is 2. The van der Waals surface area contributed by atoms with Crippen LogP contribution in [0, 0.1) is 0 Å². The molecule has 0 fully saturated rings. The number of hydrogen-bond donors (Lipinski definition) is 1. The van der Waals surface area contributed by atoms with Crippen molar-refractivity contribution >= 4 is 17.7 Å². The van der Waals surface area contributed by atoms with Crippen molar-refractivity contribution in [1.29, 1.82) is 0 Å². The Hall–Kier alpha value is -2.60. The van der Waals surface area contributed by atoms with Gasteiger partial charge in [-0.25, -0.2) is 0 Å². The number of amides is 1. The van der Waals surface area contributed by atoms with E-state index in [1.165, 1.54) is 0 Å². The molecule has 0 atom stereocenters. The van der Waals surface area contributed by atoms with E-state index < -0.39 is 0 Å². The number of thioether (sulfide) groups is 1. The minimum atomic E-state index is -0.0297. The van der Waals surface area contributed by atoms with Gasteiger partial charge in [-0.15, -0.1) is 11.8 Å². The van der Waals surface area contributed by atoms with E-state index in [0.717, 1.165) is 16.2 Å². The fraction of sp³-hybridized carbons (Fsp3) is 0.167. The fourth-order valence-electron chi connectivity index (χ4n) is 2.07. The Labute approximate surface area is 144 Å². The lowest BCUT2D eigenvalue weighted by atomic mass is 10.2. The molecule has 24 heavy (non-hydrogen) atoms. The third kappa shape index (κ3) is 4.70. The number of benzene rings is 2. The van der Waals surface area contributed by atoms with Gasteiger partial charge in [0.05, 0.1) is 6.54 Å². The molecule has 0 saturated heterocycles. The monoisotopic (exact) mass is 339 g/mol. The SMILES string of the molecule is O=C(CCSc1ccccc1)NCc1nc(-c2ccccc2)no1. The number of aromatic nitrogens is 2. The van der Waals surface area contributed by atoms with Crippen molar-refractivity contribution in [2.45, 2.75) is 17.9 Å². The average Bonchev–Trinajstić information content (AvgIpc) is 3.11. The van der Waals surface area contributed by atoms with Gasteiger partial charge in [-0.2, -0.15) is 4.98 Å². The zero-order valence-electron chi connectivity index (χ0n) is 13.0. The van der Waals surface area contributed by atoms with Gasteiger partial charge in [0.2, 0.25) is 17.6 Å². The lowest BCUT2D eigenvalue weighted by Gasteiger charge is -2.02. The Morgan fingerprint density at radius 2 is 1.75 bits per heavy atom. The summed E-state index contributed by atoms with van der Waals surface area (Å²) in [5.41, 5.74) is 0.887. The summed E-state index contributed by atoms with van der Waals surface area (Å²) in [6.45, 7) is 0.245. The van der Waals surface area contributed by atoms with Crippen molar-refractivity contribution < 1.29 is 9.32 Å². The van der Waals surface area contributed by atoms with E-state index >= 15 is 0 Å². The van der Waals surface area contributed by atoms with Crippen LogP contribution in [-0.2, 0) is 11.3 Å². The van der Waals surface area contributed by atoms with Gasteiger partial charge >= 0.3 is 0 Å². The summed E-state index contributed by atoms with van der Waals surface area (Å²) in [7, 11) is 0. The van der Waals surface area contributed by atoms with Gasteiger partial charge in [0.15, 0.2) is 0 Å². The summed E-state index contributed by atoms with van der Waals surface area (Å²) in [5.74, 6) is 1.63. The number of nitrogens with one attached hydrogen (secondary N) is 1. The molecule has 0 aliphatic rings. The number of rotatable bonds is 7. The van der Waals surface area contributed by atoms with E-state index in [1.807, 2.05) is 60.7 Å². The molecule has 1 heterocycles. The zero-order valence-corrected chi connectivity index (χ0v) is 13.8. The molecule has 2 aromatic carbocycles. The topological polar surface area (TPSA) is 68.0 Å². The minimum absolute atomic E-state index is 0.0297. The highest BCUT2D eigenvalue weighted by Crippen LogP contribution is 2.17. The maximum absolute atomic E-state index is 11.9. The quantitative estimate of drug-likeness (QED) is 0.667. The van der Waals surface area contributed by atoms with Crippen LogP contribution in [0.25, 0.3) is 11.4 Å². The first-order chi connectivity index (χ1) is 11.8. The molecule has 0 unspecified atom stereocenters. The van der Waals surface area contributed by atoms with Gasteiger partial charge in [-0.1, -0.05) is 53.7 Å². The van der Waals surface area contributed by atoms with Crippen molar-refractivity contribution in [2.24, 2.45) is 0 Å². The molecule has 1 N–H and O–H groups in total. The van der Waals surface area contributed by atoms with Crippen molar-refractivity contribution in [3.8, 4) is 11.4 Å². The molecule has 6 heteroatoms. The van der Waals surface area contributed by atoms with Crippen molar-refractivity contribution in [3.63, 3.8) is 0 Å². The van der Waals surface area contributed by atoms with Crippen LogP contribution in [0.4, 0.5) is 0 Å². The minimum Gasteiger partial charge on any atom is -0.347 e. The zero-order chi connectivity index (χ0) is 16.6. The van der Waals surface area contributed by atoms with Gasteiger partial charge in [0, 0.05) is 22.6 Å². The van der Waals surface area contributed by atoms with Crippen LogP contribution >= 0.6 is 11.8 Å². The Bertz CT molecular complexity index is 775. The first-order valence-electron chi connectivity index (χ1n) is 7.64. The van der Waals surface area contributed by atoms with Crippen LogP contribution in [0.5, 0.6) is 0 Å². The molecule has 122 valence electrons. The molecule has 5 nitrogen and oxygen atoms in total. The van der Waals surface area contributed by atoms with Gasteiger partial charge in [-0.05, 0) is 12.1 Å². The lowest BCUT2D eigenvalue weighted by Crippen LogP contribution is -2.23. The highest BCUT2D eigenvalue weighted by molar-refractivity contribution is 7.99. The molecular weight excluding hydrogens is 322 g/mol. The van der Waals surface area contributed by atoms with E-state index in [-0.39, 0.29) is 12.5 Å². The summed E-state index contributed by atoms with van der Waals surface area (Å²) in [6.07, 6.45) is 0.444. The number of carbonyl (C=O) groups excluding carboxylic acids is 1. The summed E-state index contributed by atoms with van der Waals surface area (Å²) >= 11 is 1.66. The van der Waals surface area contributed by atoms with Gasteiger partial charge < -0.3 is 9.84 Å². The second-order valence-corrected chi connectivity index (χ2v) is 6.23. The molecule has 0 spiro atoms. The molecule has 0 aliphatic heterocycles. The van der Waals surface area contributed by atoms with Gasteiger partial charge in [0.25, 0.3) is 0 Å². The maximum atomic E-state index is 11.9. The summed E-state index contributed by atoms with van der Waals surface area (Å²) in [6, 6.07) is 19.6. The normalized spacial score (nSPS) is 10.5. The number of hydrogen-bond acceptors (Lipinski definition) is 5. The maximum Gasteiger partial charge on any atom is 0.246 e. The van der Waals surface area contributed by atoms with E-state index in [2.05, 4.69) is 15.5 Å². The molecule has 0 radical (unpaired) electrons. The van der Waals surface area contributed by atoms with Gasteiger partial charge in [-0.3, -0.25) is 4.79 Å². The molecule has 0 saturated carbocycles. The first kappa shape index (κ1) is 16.3. The standard InChI is InChI=1S/C18H17N3O2S/c22-16(11-12-24-15-9-5-2-6-10-15)19-13-17-20-18(21-23-17)14-7-3-1-4-8-14/h1-10H,11-13H2,(H,19,22). The first-order valence-corrected chi connectivity index (χ1v) is 8.62. The van der Waals surface area contributed by atoms with Crippen molar-refractivity contribution in [2.75, 3.05) is 5.75 Å². The summed E-state index contributed by atoms with van der Waals surface area (Å²) in [5, 5.41) is 6.73. The molecular formula is C18H17N3O2S. The van der Waals surface area contributed by atoms with E-state index in [9.17, 15) is 4.79 Å². The second-order valence-electron chi connectivity index (χ2n) is 5.07. The highest BCUT2D eigenvalue weighted by atomic mass is 32.2. The van der Waals surface area contributed by atoms with Crippen LogP contribution in [0.1, 0.15) is 12.3 Å². The van der Waals surface area contributed by atoms with Crippen molar-refractivity contribution in [1.82, 2.24) is 15.5 Å². The Morgan fingerprint density at radius 1 is 1.04 bits per heavy atom. The van der Waals surface area contributed by atoms with Crippen LogP contribution in [-0.4, -0.2) is 21.8 Å². The molecule has 0 aliphatic carbocycles. The molecule has 1 amide bonds. The molecule has 3 aromatic rings.